The first kappa shape index (κ1) is 16.2. The predicted octanol–water partition coefficient (Wildman–Crippen LogP) is 3.08. The number of rotatable bonds is 5. The minimum Gasteiger partial charge on any atom is -0.466 e. The van der Waals surface area contributed by atoms with Gasteiger partial charge in [0.2, 0.25) is 5.91 Å². The number of esters is 1. The van der Waals surface area contributed by atoms with E-state index in [1.165, 1.54) is 13.2 Å². The Kier molecular flexibility index (Phi) is 5.77. The molecular formula is C15H18ClNO3. The zero-order valence-corrected chi connectivity index (χ0v) is 12.5. The van der Waals surface area contributed by atoms with Crippen LogP contribution in [0.1, 0.15) is 19.4 Å². The van der Waals surface area contributed by atoms with Crippen molar-refractivity contribution in [1.82, 2.24) is 0 Å². The van der Waals surface area contributed by atoms with Crippen LogP contribution in [0.25, 0.3) is 6.08 Å². The number of carbonyl (C=O) groups excluding carboxylic acids is 2. The molecule has 0 radical (unpaired) electrons. The molecule has 0 saturated carbocycles. The molecule has 20 heavy (non-hydrogen) atoms. The van der Waals surface area contributed by atoms with Gasteiger partial charge in [0.1, 0.15) is 0 Å². The molecule has 0 fully saturated rings. The van der Waals surface area contributed by atoms with E-state index in [0.29, 0.717) is 5.69 Å². The van der Waals surface area contributed by atoms with E-state index in [2.05, 4.69) is 10.1 Å². The lowest BCUT2D eigenvalue weighted by Gasteiger charge is -2.20. The molecule has 0 aliphatic carbocycles. The van der Waals surface area contributed by atoms with E-state index in [1.54, 1.807) is 38.1 Å². The molecule has 4 nitrogen and oxygen atoms in total. The van der Waals surface area contributed by atoms with E-state index >= 15 is 0 Å². The van der Waals surface area contributed by atoms with E-state index in [1.807, 2.05) is 6.07 Å². The summed E-state index contributed by atoms with van der Waals surface area (Å²) in [7, 11) is 1.32. The average Bonchev–Trinajstić information content (AvgIpc) is 2.45. The summed E-state index contributed by atoms with van der Waals surface area (Å²) in [5, 5.41) is 2.80. The van der Waals surface area contributed by atoms with Gasteiger partial charge in [-0.15, -0.1) is 11.6 Å². The molecule has 0 saturated heterocycles. The molecule has 1 amide bonds. The smallest absolute Gasteiger partial charge is 0.330 e. The minimum atomic E-state index is -0.639. The number of halogens is 1. The van der Waals surface area contributed by atoms with E-state index in [4.69, 9.17) is 11.6 Å². The molecule has 1 N–H and O–H groups in total. The molecule has 0 aliphatic rings. The fourth-order valence-corrected chi connectivity index (χ4v) is 1.43. The number of nitrogens with one attached hydrogen (secondary N) is 1. The van der Waals surface area contributed by atoms with Gasteiger partial charge < -0.3 is 10.1 Å². The van der Waals surface area contributed by atoms with Gasteiger partial charge in [-0.3, -0.25) is 4.79 Å². The summed E-state index contributed by atoms with van der Waals surface area (Å²) >= 11 is 5.76. The zero-order chi connectivity index (χ0) is 15.2. The van der Waals surface area contributed by atoms with Gasteiger partial charge in [-0.25, -0.2) is 4.79 Å². The minimum absolute atomic E-state index is 0.151. The Hall–Kier alpha value is -1.81. The SMILES string of the molecule is COC(=O)/C=C/c1cccc(NC(=O)C(C)(C)CCl)c1. The summed E-state index contributed by atoms with van der Waals surface area (Å²) in [6.45, 7) is 3.55. The van der Waals surface area contributed by atoms with Crippen LogP contribution in [0.15, 0.2) is 30.3 Å². The van der Waals surface area contributed by atoms with Crippen molar-refractivity contribution in [1.29, 1.82) is 0 Å². The Morgan fingerprint density at radius 1 is 1.40 bits per heavy atom. The maximum Gasteiger partial charge on any atom is 0.330 e. The van der Waals surface area contributed by atoms with Gasteiger partial charge in [0.15, 0.2) is 0 Å². The second-order valence-electron chi connectivity index (χ2n) is 4.95. The number of hydrogen-bond donors (Lipinski definition) is 1. The number of alkyl halides is 1. The third-order valence-electron chi connectivity index (χ3n) is 2.71. The second kappa shape index (κ2) is 7.10. The molecule has 0 heterocycles. The largest absolute Gasteiger partial charge is 0.466 e. The summed E-state index contributed by atoms with van der Waals surface area (Å²) in [6, 6.07) is 7.15. The van der Waals surface area contributed by atoms with Gasteiger partial charge in [-0.1, -0.05) is 12.1 Å². The highest BCUT2D eigenvalue weighted by Crippen LogP contribution is 2.21. The standard InChI is InChI=1S/C15H18ClNO3/c1-15(2,10-16)14(19)17-12-6-4-5-11(9-12)7-8-13(18)20-3/h4-9H,10H2,1-3H3,(H,17,19)/b8-7+. The molecule has 108 valence electrons. The summed E-state index contributed by atoms with van der Waals surface area (Å²) in [5.41, 5.74) is 0.802. The lowest BCUT2D eigenvalue weighted by molar-refractivity contribution is -0.134. The maximum absolute atomic E-state index is 12.0. The fourth-order valence-electron chi connectivity index (χ4n) is 1.31. The van der Waals surface area contributed by atoms with E-state index in [0.717, 1.165) is 5.56 Å². The number of methoxy groups -OCH3 is 1. The fraction of sp³-hybridized carbons (Fsp3) is 0.333. The van der Waals surface area contributed by atoms with Gasteiger partial charge in [0.25, 0.3) is 0 Å². The van der Waals surface area contributed by atoms with Crippen molar-refractivity contribution in [3.8, 4) is 0 Å². The van der Waals surface area contributed by atoms with Crippen LogP contribution in [0.4, 0.5) is 5.69 Å². The third-order valence-corrected chi connectivity index (χ3v) is 3.37. The number of benzene rings is 1. The first-order valence-corrected chi connectivity index (χ1v) is 6.66. The topological polar surface area (TPSA) is 55.4 Å². The summed E-state index contributed by atoms with van der Waals surface area (Å²) in [4.78, 5) is 23.0. The molecule has 1 aromatic carbocycles. The average molecular weight is 296 g/mol. The van der Waals surface area contributed by atoms with Gasteiger partial charge in [-0.2, -0.15) is 0 Å². The first-order valence-electron chi connectivity index (χ1n) is 6.12. The molecule has 0 spiro atoms. The van der Waals surface area contributed by atoms with E-state index < -0.39 is 11.4 Å². The lowest BCUT2D eigenvalue weighted by Crippen LogP contribution is -2.32. The Balaban J connectivity index is 2.81. The third kappa shape index (κ3) is 4.70. The normalized spacial score (nSPS) is 11.4. The van der Waals surface area contributed by atoms with Crippen molar-refractivity contribution in [2.75, 3.05) is 18.3 Å². The van der Waals surface area contributed by atoms with Crippen LogP contribution < -0.4 is 5.32 Å². The summed E-state index contributed by atoms with van der Waals surface area (Å²) in [5.74, 6) is -0.342. The molecule has 5 heteroatoms. The Morgan fingerprint density at radius 2 is 2.10 bits per heavy atom. The van der Waals surface area contributed by atoms with Crippen LogP contribution in [0.5, 0.6) is 0 Å². The van der Waals surface area contributed by atoms with Crippen molar-refractivity contribution < 1.29 is 14.3 Å². The van der Waals surface area contributed by atoms with Gasteiger partial charge in [0, 0.05) is 17.6 Å². The molecule has 1 rings (SSSR count). The molecule has 0 bridgehead atoms. The molecule has 1 aromatic rings. The van der Waals surface area contributed by atoms with Crippen molar-refractivity contribution in [3.05, 3.63) is 35.9 Å². The monoisotopic (exact) mass is 295 g/mol. The van der Waals surface area contributed by atoms with E-state index in [-0.39, 0.29) is 11.8 Å². The van der Waals surface area contributed by atoms with E-state index in [9.17, 15) is 9.59 Å². The van der Waals surface area contributed by atoms with Crippen molar-refractivity contribution in [2.24, 2.45) is 5.41 Å². The zero-order valence-electron chi connectivity index (χ0n) is 11.8. The maximum atomic E-state index is 12.0. The number of anilines is 1. The van der Waals surface area contributed by atoms with Crippen LogP contribution in [0, 0.1) is 5.41 Å². The highest BCUT2D eigenvalue weighted by molar-refractivity contribution is 6.20. The molecular weight excluding hydrogens is 278 g/mol. The highest BCUT2D eigenvalue weighted by atomic mass is 35.5. The van der Waals surface area contributed by atoms with Gasteiger partial charge in [0.05, 0.1) is 12.5 Å². The number of amides is 1. The van der Waals surface area contributed by atoms with Crippen molar-refractivity contribution >= 4 is 35.2 Å². The number of hydrogen-bond acceptors (Lipinski definition) is 3. The quantitative estimate of drug-likeness (QED) is 0.516. The number of ether oxygens (including phenoxy) is 1. The van der Waals surface area contributed by atoms with Crippen LogP contribution >= 0.6 is 11.6 Å². The van der Waals surface area contributed by atoms with Crippen LogP contribution in [0.2, 0.25) is 0 Å². The summed E-state index contributed by atoms with van der Waals surface area (Å²) < 4.78 is 4.52. The highest BCUT2D eigenvalue weighted by Gasteiger charge is 2.26. The van der Waals surface area contributed by atoms with Crippen LogP contribution in [-0.4, -0.2) is 24.9 Å². The molecule has 0 atom stereocenters. The Bertz CT molecular complexity index is 524. The Labute approximate surface area is 123 Å². The Morgan fingerprint density at radius 3 is 2.70 bits per heavy atom. The van der Waals surface area contributed by atoms with Crippen molar-refractivity contribution in [2.45, 2.75) is 13.8 Å². The van der Waals surface area contributed by atoms with Crippen molar-refractivity contribution in [3.63, 3.8) is 0 Å². The van der Waals surface area contributed by atoms with Gasteiger partial charge >= 0.3 is 5.97 Å². The van der Waals surface area contributed by atoms with Crippen LogP contribution in [-0.2, 0) is 14.3 Å². The summed E-state index contributed by atoms with van der Waals surface area (Å²) in [6.07, 6.45) is 2.94. The molecule has 0 aliphatic heterocycles. The predicted molar refractivity (Wildman–Crippen MR) is 80.6 cm³/mol. The second-order valence-corrected chi connectivity index (χ2v) is 5.22. The number of carbonyl (C=O) groups is 2. The van der Waals surface area contributed by atoms with Crippen LogP contribution in [0.3, 0.4) is 0 Å². The molecule has 0 unspecified atom stereocenters. The lowest BCUT2D eigenvalue weighted by atomic mass is 9.95. The first-order chi connectivity index (χ1) is 9.39. The molecule has 0 aromatic heterocycles. The van der Waals surface area contributed by atoms with Gasteiger partial charge in [-0.05, 0) is 37.6 Å².